The summed E-state index contributed by atoms with van der Waals surface area (Å²) in [7, 11) is -1.18. The molecule has 0 aromatic carbocycles. The van der Waals surface area contributed by atoms with E-state index in [9.17, 15) is 8.42 Å². The number of hydrogen-bond acceptors (Lipinski definition) is 4. The number of hydrazone groups is 1. The fourth-order valence-corrected chi connectivity index (χ4v) is 3.13. The normalized spacial score (nSPS) is 27.5. The van der Waals surface area contributed by atoms with Crippen LogP contribution in [-0.2, 0) is 9.84 Å². The zero-order chi connectivity index (χ0) is 10.1. The van der Waals surface area contributed by atoms with Crippen molar-refractivity contribution in [3.05, 3.63) is 0 Å². The Kier molecular flexibility index (Phi) is 2.65. The molecule has 1 fully saturated rings. The van der Waals surface area contributed by atoms with Crippen LogP contribution in [0.3, 0.4) is 0 Å². The van der Waals surface area contributed by atoms with Crippen molar-refractivity contribution in [1.29, 1.82) is 0 Å². The lowest BCUT2D eigenvalue weighted by molar-refractivity contribution is 0.391. The molecule has 0 radical (unpaired) electrons. The fraction of sp³-hybridized carbons (Fsp3) is 0.833. The summed E-state index contributed by atoms with van der Waals surface area (Å²) < 4.78 is 22.2. The van der Waals surface area contributed by atoms with Crippen LogP contribution < -0.4 is 11.6 Å². The lowest BCUT2D eigenvalue weighted by Crippen LogP contribution is -2.43. The van der Waals surface area contributed by atoms with E-state index in [-0.39, 0.29) is 23.5 Å². The van der Waals surface area contributed by atoms with E-state index in [4.69, 9.17) is 11.6 Å². The van der Waals surface area contributed by atoms with Crippen LogP contribution in [-0.4, -0.2) is 43.9 Å². The minimum Gasteiger partial charge on any atom is -0.368 e. The van der Waals surface area contributed by atoms with Crippen molar-refractivity contribution in [3.63, 3.8) is 0 Å². The Balaban J connectivity index is 2.67. The van der Waals surface area contributed by atoms with Gasteiger partial charge in [0.2, 0.25) is 5.96 Å². The van der Waals surface area contributed by atoms with Crippen molar-refractivity contribution in [1.82, 2.24) is 4.90 Å². The van der Waals surface area contributed by atoms with Gasteiger partial charge in [-0.05, 0) is 6.42 Å². The van der Waals surface area contributed by atoms with Gasteiger partial charge in [-0.3, -0.25) is 0 Å². The molecule has 1 aliphatic heterocycles. The molecule has 1 saturated heterocycles. The van der Waals surface area contributed by atoms with Gasteiger partial charge in [0.25, 0.3) is 0 Å². The monoisotopic (exact) mass is 206 g/mol. The maximum atomic E-state index is 11.1. The molecule has 1 unspecified atom stereocenters. The molecule has 1 aliphatic rings. The summed E-state index contributed by atoms with van der Waals surface area (Å²) in [5.41, 5.74) is 5.44. The molecule has 0 amide bonds. The third-order valence-corrected chi connectivity index (χ3v) is 4.00. The zero-order valence-corrected chi connectivity index (χ0v) is 8.29. The maximum absolute atomic E-state index is 11.1. The highest BCUT2D eigenvalue weighted by Gasteiger charge is 2.31. The lowest BCUT2D eigenvalue weighted by Gasteiger charge is -2.23. The van der Waals surface area contributed by atoms with Crippen LogP contribution in [0.5, 0.6) is 0 Å². The van der Waals surface area contributed by atoms with E-state index in [1.165, 1.54) is 0 Å². The molecule has 0 bridgehead atoms. The van der Waals surface area contributed by atoms with Crippen molar-refractivity contribution in [3.8, 4) is 0 Å². The molecule has 0 aliphatic carbocycles. The minimum absolute atomic E-state index is 0.0858. The predicted octanol–water partition coefficient (Wildman–Crippen LogP) is -1.71. The average Bonchev–Trinajstić information content (AvgIpc) is 2.43. The Hall–Kier alpha value is -0.980. The second-order valence-corrected chi connectivity index (χ2v) is 5.38. The van der Waals surface area contributed by atoms with Crippen molar-refractivity contribution in [2.24, 2.45) is 16.7 Å². The van der Waals surface area contributed by atoms with Gasteiger partial charge in [-0.25, -0.2) is 8.42 Å². The van der Waals surface area contributed by atoms with Crippen molar-refractivity contribution in [2.45, 2.75) is 12.5 Å². The summed E-state index contributed by atoms with van der Waals surface area (Å²) >= 11 is 0. The summed E-state index contributed by atoms with van der Waals surface area (Å²) in [5.74, 6) is 5.51. The SMILES string of the molecule is CN(C(N)=NN)C1CCS(=O)(=O)C1. The van der Waals surface area contributed by atoms with Crippen LogP contribution in [0.25, 0.3) is 0 Å². The van der Waals surface area contributed by atoms with Crippen molar-refractivity contribution >= 4 is 15.8 Å². The lowest BCUT2D eigenvalue weighted by atomic mass is 10.2. The highest BCUT2D eigenvalue weighted by molar-refractivity contribution is 7.91. The largest absolute Gasteiger partial charge is 0.368 e. The average molecular weight is 206 g/mol. The Labute approximate surface area is 77.5 Å². The van der Waals surface area contributed by atoms with E-state index in [1.54, 1.807) is 11.9 Å². The van der Waals surface area contributed by atoms with E-state index in [0.717, 1.165) is 0 Å². The second kappa shape index (κ2) is 3.41. The van der Waals surface area contributed by atoms with Crippen LogP contribution in [0.4, 0.5) is 0 Å². The molecule has 0 aromatic rings. The van der Waals surface area contributed by atoms with Gasteiger partial charge in [0.05, 0.1) is 11.5 Å². The molecular formula is C6H14N4O2S. The van der Waals surface area contributed by atoms with Crippen LogP contribution in [0.15, 0.2) is 5.10 Å². The Morgan fingerprint density at radius 2 is 2.23 bits per heavy atom. The number of sulfone groups is 1. The summed E-state index contributed by atoms with van der Waals surface area (Å²) in [6, 6.07) is -0.0858. The number of hydrogen-bond donors (Lipinski definition) is 2. The quantitative estimate of drug-likeness (QED) is 0.230. The van der Waals surface area contributed by atoms with Gasteiger partial charge in [-0.1, -0.05) is 0 Å². The predicted molar refractivity (Wildman–Crippen MR) is 50.6 cm³/mol. The Morgan fingerprint density at radius 1 is 1.62 bits per heavy atom. The molecule has 4 N–H and O–H groups in total. The van der Waals surface area contributed by atoms with E-state index >= 15 is 0 Å². The number of guanidine groups is 1. The molecule has 76 valence electrons. The number of nitrogens with two attached hydrogens (primary N) is 2. The van der Waals surface area contributed by atoms with Gasteiger partial charge in [0.1, 0.15) is 0 Å². The van der Waals surface area contributed by atoms with Gasteiger partial charge in [0.15, 0.2) is 9.84 Å². The van der Waals surface area contributed by atoms with E-state index in [1.807, 2.05) is 0 Å². The van der Waals surface area contributed by atoms with E-state index in [0.29, 0.717) is 6.42 Å². The van der Waals surface area contributed by atoms with Crippen LogP contribution >= 0.6 is 0 Å². The van der Waals surface area contributed by atoms with Crippen LogP contribution in [0, 0.1) is 0 Å². The minimum atomic E-state index is -2.88. The second-order valence-electron chi connectivity index (χ2n) is 3.16. The number of rotatable bonds is 1. The third kappa shape index (κ3) is 2.24. The number of nitrogens with zero attached hydrogens (tertiary/aromatic N) is 2. The molecule has 1 atom stereocenters. The van der Waals surface area contributed by atoms with Gasteiger partial charge >= 0.3 is 0 Å². The summed E-state index contributed by atoms with van der Waals surface area (Å²) in [6.45, 7) is 0. The molecule has 0 aromatic heterocycles. The molecule has 6 nitrogen and oxygen atoms in total. The third-order valence-electron chi connectivity index (χ3n) is 2.25. The van der Waals surface area contributed by atoms with Crippen molar-refractivity contribution < 1.29 is 8.42 Å². The molecule has 1 rings (SSSR count). The summed E-state index contributed by atoms with van der Waals surface area (Å²) in [4.78, 5) is 1.60. The molecular weight excluding hydrogens is 192 g/mol. The molecule has 0 spiro atoms. The Morgan fingerprint density at radius 3 is 2.62 bits per heavy atom. The standard InChI is InChI=1S/C6H14N4O2S/c1-10(6(7)9-8)5-2-3-13(11,12)4-5/h5H,2-4,8H2,1H3,(H2,7,9). The molecule has 13 heavy (non-hydrogen) atoms. The smallest absolute Gasteiger partial charge is 0.213 e. The zero-order valence-electron chi connectivity index (χ0n) is 7.47. The first-order valence-electron chi connectivity index (χ1n) is 3.93. The first-order valence-corrected chi connectivity index (χ1v) is 5.75. The summed E-state index contributed by atoms with van der Waals surface area (Å²) in [6.07, 6.45) is 0.592. The maximum Gasteiger partial charge on any atom is 0.213 e. The summed E-state index contributed by atoms with van der Waals surface area (Å²) in [5, 5.41) is 3.31. The highest BCUT2D eigenvalue weighted by atomic mass is 32.2. The molecule has 0 saturated carbocycles. The van der Waals surface area contributed by atoms with Crippen LogP contribution in [0.1, 0.15) is 6.42 Å². The highest BCUT2D eigenvalue weighted by Crippen LogP contribution is 2.15. The van der Waals surface area contributed by atoms with Crippen molar-refractivity contribution in [2.75, 3.05) is 18.6 Å². The topological polar surface area (TPSA) is 102 Å². The van der Waals surface area contributed by atoms with Gasteiger partial charge in [-0.2, -0.15) is 0 Å². The first-order chi connectivity index (χ1) is 5.96. The fourth-order valence-electron chi connectivity index (χ4n) is 1.36. The van der Waals surface area contributed by atoms with Gasteiger partial charge < -0.3 is 16.5 Å². The van der Waals surface area contributed by atoms with Gasteiger partial charge in [-0.15, -0.1) is 5.10 Å². The van der Waals surface area contributed by atoms with E-state index < -0.39 is 9.84 Å². The molecule has 7 heteroatoms. The first kappa shape index (κ1) is 10.1. The molecule has 1 heterocycles. The van der Waals surface area contributed by atoms with E-state index in [2.05, 4.69) is 5.10 Å². The van der Waals surface area contributed by atoms with Crippen LogP contribution in [0.2, 0.25) is 0 Å². The Bertz CT molecular complexity index is 311. The van der Waals surface area contributed by atoms with Gasteiger partial charge in [0, 0.05) is 13.1 Å².